The van der Waals surface area contributed by atoms with Gasteiger partial charge in [0.1, 0.15) is 0 Å². The van der Waals surface area contributed by atoms with Crippen molar-refractivity contribution in [3.05, 3.63) is 53.6 Å². The van der Waals surface area contributed by atoms with Gasteiger partial charge in [-0.2, -0.15) is 13.2 Å². The third-order valence-corrected chi connectivity index (χ3v) is 7.08. The fourth-order valence-electron chi connectivity index (χ4n) is 4.95. The molecule has 0 unspecified atom stereocenters. The molecule has 2 saturated heterocycles. The minimum Gasteiger partial charge on any atom is -0.409 e. The van der Waals surface area contributed by atoms with Crippen molar-refractivity contribution in [2.45, 2.75) is 50.3 Å². The van der Waals surface area contributed by atoms with E-state index in [-0.39, 0.29) is 30.0 Å². The molecule has 12 heteroatoms. The molecular weight excluding hydrogens is 482 g/mol. The number of oxime groups is 1. The summed E-state index contributed by atoms with van der Waals surface area (Å²) >= 11 is 0. The second-order valence-electron chi connectivity index (χ2n) is 9.38. The van der Waals surface area contributed by atoms with Crippen LogP contribution in [0.2, 0.25) is 0 Å². The lowest BCUT2D eigenvalue weighted by Crippen LogP contribution is -2.54. The monoisotopic (exact) mass is 509 g/mol. The van der Waals surface area contributed by atoms with E-state index in [9.17, 15) is 22.4 Å². The first-order valence-electron chi connectivity index (χ1n) is 11.6. The van der Waals surface area contributed by atoms with Crippen molar-refractivity contribution >= 4 is 17.4 Å². The Morgan fingerprint density at radius 2 is 1.89 bits per heavy atom. The fraction of sp³-hybridized carbons (Fsp3) is 0.500. The Morgan fingerprint density at radius 1 is 1.19 bits per heavy atom. The predicted molar refractivity (Wildman–Crippen MR) is 122 cm³/mol. The van der Waals surface area contributed by atoms with Gasteiger partial charge in [-0.25, -0.2) is 9.97 Å². The van der Waals surface area contributed by atoms with Crippen molar-refractivity contribution in [2.75, 3.05) is 24.7 Å². The van der Waals surface area contributed by atoms with E-state index in [1.807, 2.05) is 0 Å². The van der Waals surface area contributed by atoms with Crippen LogP contribution < -0.4 is 10.6 Å². The van der Waals surface area contributed by atoms with E-state index in [4.69, 9.17) is 15.7 Å². The molecular formula is C24H27F4N5O3. The quantitative estimate of drug-likeness (QED) is 0.182. The number of amidine groups is 1. The number of nitrogens with zero attached hydrogens (tertiary/aromatic N) is 4. The maximum atomic E-state index is 13.1. The van der Waals surface area contributed by atoms with Crippen LogP contribution in [0.25, 0.3) is 0 Å². The summed E-state index contributed by atoms with van der Waals surface area (Å²) in [7, 11) is 0. The van der Waals surface area contributed by atoms with Gasteiger partial charge in [0, 0.05) is 47.6 Å². The molecule has 1 saturated carbocycles. The van der Waals surface area contributed by atoms with E-state index in [2.05, 4.69) is 15.1 Å². The lowest BCUT2D eigenvalue weighted by atomic mass is 9.64. The molecule has 3 heterocycles. The lowest BCUT2D eigenvalue weighted by molar-refractivity contribution is -0.187. The average Bonchev–Trinajstić information content (AvgIpc) is 2.90. The van der Waals surface area contributed by atoms with E-state index in [0.717, 1.165) is 0 Å². The topological polar surface area (TPSA) is 114 Å². The van der Waals surface area contributed by atoms with Crippen molar-refractivity contribution < 1.29 is 32.3 Å². The highest BCUT2D eigenvalue weighted by atomic mass is 19.4. The maximum absolute atomic E-state index is 13.1. The molecule has 5 rings (SSSR count). The first-order chi connectivity index (χ1) is 17.1. The fourth-order valence-corrected chi connectivity index (χ4v) is 4.95. The SMILES string of the molecule is N/C(=N\O)c1cccc(N(CC23CCC(c4cnc(C(F)(F)F)nc4)(CC2)OC3)C(=O)CCCF)c1. The second kappa shape index (κ2) is 10.00. The first-order valence-corrected chi connectivity index (χ1v) is 11.6. The molecule has 1 aromatic heterocycles. The number of carbonyl (C=O) groups is 1. The highest BCUT2D eigenvalue weighted by molar-refractivity contribution is 5.99. The van der Waals surface area contributed by atoms with E-state index in [1.165, 1.54) is 12.4 Å². The first kappa shape index (κ1) is 25.8. The number of halogens is 4. The Kier molecular flexibility index (Phi) is 7.17. The van der Waals surface area contributed by atoms with Crippen LogP contribution in [0.3, 0.4) is 0 Å². The Bertz CT molecular complexity index is 1100. The molecule has 3 aliphatic rings. The molecule has 1 amide bonds. The number of ether oxygens (including phenoxy) is 1. The highest BCUT2D eigenvalue weighted by Crippen LogP contribution is 2.54. The number of anilines is 1. The molecule has 2 aliphatic heterocycles. The van der Waals surface area contributed by atoms with Crippen molar-refractivity contribution in [2.24, 2.45) is 16.3 Å². The smallest absolute Gasteiger partial charge is 0.409 e. The van der Waals surface area contributed by atoms with Crippen LogP contribution in [0.4, 0.5) is 23.2 Å². The van der Waals surface area contributed by atoms with E-state index < -0.39 is 24.3 Å². The number of alkyl halides is 4. The van der Waals surface area contributed by atoms with Gasteiger partial charge in [0.25, 0.3) is 0 Å². The Hall–Kier alpha value is -3.28. The van der Waals surface area contributed by atoms with Crippen LogP contribution in [0.1, 0.15) is 55.5 Å². The third-order valence-electron chi connectivity index (χ3n) is 7.08. The summed E-state index contributed by atoms with van der Waals surface area (Å²) < 4.78 is 57.6. The number of hydrogen-bond acceptors (Lipinski definition) is 6. The number of nitrogens with two attached hydrogens (primary N) is 1. The molecule has 8 nitrogen and oxygen atoms in total. The van der Waals surface area contributed by atoms with E-state index in [1.54, 1.807) is 29.2 Å². The zero-order valence-electron chi connectivity index (χ0n) is 19.5. The number of benzene rings is 1. The van der Waals surface area contributed by atoms with E-state index in [0.29, 0.717) is 55.6 Å². The number of amides is 1. The van der Waals surface area contributed by atoms with Gasteiger partial charge in [-0.15, -0.1) is 0 Å². The minimum absolute atomic E-state index is 0.0219. The summed E-state index contributed by atoms with van der Waals surface area (Å²) in [5.74, 6) is -1.55. The summed E-state index contributed by atoms with van der Waals surface area (Å²) in [6.45, 7) is -0.00606. The van der Waals surface area contributed by atoms with Gasteiger partial charge in [-0.3, -0.25) is 9.18 Å². The number of rotatable bonds is 8. The van der Waals surface area contributed by atoms with Crippen LogP contribution in [0.15, 0.2) is 41.8 Å². The van der Waals surface area contributed by atoms with Gasteiger partial charge in [0.05, 0.1) is 18.9 Å². The Balaban J connectivity index is 1.54. The predicted octanol–water partition coefficient (Wildman–Crippen LogP) is 4.16. The van der Waals surface area contributed by atoms with E-state index >= 15 is 0 Å². The molecule has 194 valence electrons. The van der Waals surface area contributed by atoms with Crippen molar-refractivity contribution in [1.29, 1.82) is 0 Å². The molecule has 3 fully saturated rings. The Morgan fingerprint density at radius 3 is 2.44 bits per heavy atom. The number of aromatic nitrogens is 2. The molecule has 1 aliphatic carbocycles. The van der Waals surface area contributed by atoms with Crippen molar-refractivity contribution in [3.63, 3.8) is 0 Å². The standard InChI is InChI=1S/C24H27F4N5O3/c25-10-2-5-19(34)33(18-4-1-3-16(11-18)20(29)32-35)14-22-6-8-23(9-7-22,36-15-22)17-12-30-21(31-13-17)24(26,27)28/h1,3-4,11-13,35H,2,5-10,14-15H2,(H2,29,32). The summed E-state index contributed by atoms with van der Waals surface area (Å²) in [5.41, 5.74) is 6.05. The van der Waals surface area contributed by atoms with Gasteiger partial charge >= 0.3 is 6.18 Å². The number of fused-ring (bicyclic) bond motifs is 3. The van der Waals surface area contributed by atoms with Crippen molar-refractivity contribution in [3.8, 4) is 0 Å². The van der Waals surface area contributed by atoms with Gasteiger partial charge in [0.2, 0.25) is 11.7 Å². The zero-order valence-corrected chi connectivity index (χ0v) is 19.5. The summed E-state index contributed by atoms with van der Waals surface area (Å²) in [6, 6.07) is 6.69. The van der Waals surface area contributed by atoms with Gasteiger partial charge in [-0.1, -0.05) is 17.3 Å². The third kappa shape index (κ3) is 5.13. The average molecular weight is 510 g/mol. The summed E-state index contributed by atoms with van der Waals surface area (Å²) in [4.78, 5) is 21.7. The molecule has 1 aromatic carbocycles. The van der Waals surface area contributed by atoms with Crippen molar-refractivity contribution in [1.82, 2.24) is 9.97 Å². The molecule has 0 spiro atoms. The molecule has 0 radical (unpaired) electrons. The number of hydrogen-bond donors (Lipinski definition) is 2. The minimum atomic E-state index is -4.62. The van der Waals surface area contributed by atoms with Gasteiger partial charge in [-0.05, 0) is 44.2 Å². The van der Waals surface area contributed by atoms with Crippen LogP contribution in [-0.2, 0) is 21.3 Å². The molecule has 2 aromatic rings. The zero-order chi connectivity index (χ0) is 26.0. The van der Waals surface area contributed by atoms with Crippen LogP contribution in [0.5, 0.6) is 0 Å². The summed E-state index contributed by atoms with van der Waals surface area (Å²) in [5, 5.41) is 12.0. The molecule has 3 N–H and O–H groups in total. The van der Waals surface area contributed by atoms with Crippen LogP contribution in [0, 0.1) is 5.41 Å². The molecule has 2 bridgehead atoms. The maximum Gasteiger partial charge on any atom is 0.451 e. The highest BCUT2D eigenvalue weighted by Gasteiger charge is 2.52. The molecule has 36 heavy (non-hydrogen) atoms. The molecule has 0 atom stereocenters. The van der Waals surface area contributed by atoms with Gasteiger partial charge in [0.15, 0.2) is 5.84 Å². The largest absolute Gasteiger partial charge is 0.451 e. The number of carbonyl (C=O) groups excluding carboxylic acids is 1. The Labute approximate surface area is 205 Å². The lowest BCUT2D eigenvalue weighted by Gasteiger charge is -2.54. The second-order valence-corrected chi connectivity index (χ2v) is 9.38. The van der Waals surface area contributed by atoms with Gasteiger partial charge < -0.3 is 20.6 Å². The normalized spacial score (nSPS) is 24.1. The van der Waals surface area contributed by atoms with Crippen LogP contribution >= 0.6 is 0 Å². The summed E-state index contributed by atoms with van der Waals surface area (Å²) in [6.07, 6.45) is 0.274. The van der Waals surface area contributed by atoms with Crippen LogP contribution in [-0.4, -0.2) is 46.7 Å².